The fraction of sp³-hybridized carbons (Fsp3) is 0.857. The van der Waals surface area contributed by atoms with Crippen molar-refractivity contribution in [3.05, 3.63) is 11.7 Å². The van der Waals surface area contributed by atoms with Crippen molar-refractivity contribution in [3.8, 4) is 0 Å². The first kappa shape index (κ1) is 13.5. The van der Waals surface area contributed by atoms with Crippen LogP contribution >= 0.6 is 0 Å². The van der Waals surface area contributed by atoms with Gasteiger partial charge in [-0.05, 0) is 24.2 Å². The molecule has 1 aliphatic carbocycles. The Morgan fingerprint density at radius 3 is 2.50 bits per heavy atom. The molecule has 1 aromatic rings. The minimum Gasteiger partial charge on any atom is -0.339 e. The molecule has 2 N–H and O–H groups in total. The summed E-state index contributed by atoms with van der Waals surface area (Å²) in [5.41, 5.74) is 6.24. The Hall–Kier alpha value is -0.900. The van der Waals surface area contributed by atoms with Crippen molar-refractivity contribution in [1.82, 2.24) is 10.1 Å². The Bertz CT molecular complexity index is 399. The highest BCUT2D eigenvalue weighted by molar-refractivity contribution is 5.06. The molecule has 0 aromatic carbocycles. The van der Waals surface area contributed by atoms with Crippen LogP contribution in [0.3, 0.4) is 0 Å². The molecule has 4 nitrogen and oxygen atoms in total. The van der Waals surface area contributed by atoms with Gasteiger partial charge in [-0.25, -0.2) is 0 Å². The number of hydrogen-bond acceptors (Lipinski definition) is 4. The van der Waals surface area contributed by atoms with Gasteiger partial charge in [-0.1, -0.05) is 45.7 Å². The first-order valence-electron chi connectivity index (χ1n) is 6.93. The Morgan fingerprint density at radius 2 is 1.94 bits per heavy atom. The molecule has 102 valence electrons. The second-order valence-corrected chi connectivity index (χ2v) is 6.85. The highest BCUT2D eigenvalue weighted by Gasteiger charge is 2.36. The molecule has 0 saturated heterocycles. The van der Waals surface area contributed by atoms with Crippen LogP contribution in [0.15, 0.2) is 4.52 Å². The van der Waals surface area contributed by atoms with E-state index in [1.54, 1.807) is 0 Å². The minimum atomic E-state index is -0.341. The van der Waals surface area contributed by atoms with Crippen LogP contribution in [0.4, 0.5) is 0 Å². The predicted molar refractivity (Wildman–Crippen MR) is 71.0 cm³/mol. The van der Waals surface area contributed by atoms with Crippen molar-refractivity contribution in [2.24, 2.45) is 17.1 Å². The molecule has 1 atom stereocenters. The molecule has 4 heteroatoms. The van der Waals surface area contributed by atoms with Crippen molar-refractivity contribution in [1.29, 1.82) is 0 Å². The number of aromatic nitrogens is 2. The summed E-state index contributed by atoms with van der Waals surface area (Å²) < 4.78 is 5.37. The summed E-state index contributed by atoms with van der Waals surface area (Å²) in [4.78, 5) is 4.51. The Labute approximate surface area is 109 Å². The summed E-state index contributed by atoms with van der Waals surface area (Å²) in [7, 11) is 0. The van der Waals surface area contributed by atoms with E-state index in [2.05, 4.69) is 37.8 Å². The van der Waals surface area contributed by atoms with Crippen LogP contribution in [-0.2, 0) is 12.0 Å². The second kappa shape index (κ2) is 4.65. The predicted octanol–water partition coefficient (Wildman–Crippen LogP) is 3.02. The van der Waals surface area contributed by atoms with Gasteiger partial charge in [0.25, 0.3) is 0 Å². The lowest BCUT2D eigenvalue weighted by atomic mass is 9.80. The van der Waals surface area contributed by atoms with Gasteiger partial charge in [0.1, 0.15) is 0 Å². The Balaban J connectivity index is 2.07. The van der Waals surface area contributed by atoms with Gasteiger partial charge in [0.2, 0.25) is 5.89 Å². The highest BCUT2D eigenvalue weighted by Crippen LogP contribution is 2.35. The van der Waals surface area contributed by atoms with Crippen LogP contribution < -0.4 is 5.73 Å². The van der Waals surface area contributed by atoms with Gasteiger partial charge in [0.15, 0.2) is 5.82 Å². The largest absolute Gasteiger partial charge is 0.339 e. The molecular formula is C14H25N3O. The van der Waals surface area contributed by atoms with E-state index in [0.29, 0.717) is 11.7 Å². The van der Waals surface area contributed by atoms with Crippen LogP contribution in [-0.4, -0.2) is 10.1 Å². The third-order valence-corrected chi connectivity index (χ3v) is 4.37. The third-order valence-electron chi connectivity index (χ3n) is 4.37. The maximum Gasteiger partial charge on any atom is 0.227 e. The zero-order valence-electron chi connectivity index (χ0n) is 12.0. The van der Waals surface area contributed by atoms with Crippen LogP contribution in [0, 0.1) is 11.3 Å². The molecule has 1 unspecified atom stereocenters. The van der Waals surface area contributed by atoms with Gasteiger partial charge in [0, 0.05) is 6.42 Å². The smallest absolute Gasteiger partial charge is 0.227 e. The van der Waals surface area contributed by atoms with Crippen LogP contribution in [0.2, 0.25) is 0 Å². The van der Waals surface area contributed by atoms with E-state index >= 15 is 0 Å². The van der Waals surface area contributed by atoms with E-state index in [4.69, 9.17) is 10.3 Å². The minimum absolute atomic E-state index is 0.252. The summed E-state index contributed by atoms with van der Waals surface area (Å²) in [6.07, 6.45) is 5.10. The quantitative estimate of drug-likeness (QED) is 0.896. The first-order valence-corrected chi connectivity index (χ1v) is 6.93. The van der Waals surface area contributed by atoms with Gasteiger partial charge in [0.05, 0.1) is 5.54 Å². The molecule has 0 aliphatic heterocycles. The molecule has 2 rings (SSSR count). The lowest BCUT2D eigenvalue weighted by molar-refractivity contribution is 0.236. The van der Waals surface area contributed by atoms with Crippen LogP contribution in [0.5, 0.6) is 0 Å². The van der Waals surface area contributed by atoms with Gasteiger partial charge in [-0.15, -0.1) is 0 Å². The van der Waals surface area contributed by atoms with Crippen molar-refractivity contribution < 1.29 is 4.52 Å². The molecule has 0 bridgehead atoms. The lowest BCUT2D eigenvalue weighted by Crippen LogP contribution is -2.34. The summed E-state index contributed by atoms with van der Waals surface area (Å²) in [6, 6.07) is 0. The summed E-state index contributed by atoms with van der Waals surface area (Å²) in [6.45, 7) is 8.92. The lowest BCUT2D eigenvalue weighted by Gasteiger charge is -2.25. The van der Waals surface area contributed by atoms with Crippen molar-refractivity contribution in [2.75, 3.05) is 0 Å². The molecule has 1 saturated carbocycles. The van der Waals surface area contributed by atoms with Crippen LogP contribution in [0.1, 0.15) is 65.1 Å². The first-order chi connectivity index (χ1) is 8.31. The van der Waals surface area contributed by atoms with Crippen molar-refractivity contribution in [3.63, 3.8) is 0 Å². The summed E-state index contributed by atoms with van der Waals surface area (Å²) >= 11 is 0. The summed E-state index contributed by atoms with van der Waals surface area (Å²) in [5.74, 6) is 1.93. The van der Waals surface area contributed by atoms with E-state index in [0.717, 1.165) is 25.2 Å². The molecule has 0 spiro atoms. The number of rotatable bonds is 3. The molecule has 0 amide bonds. The highest BCUT2D eigenvalue weighted by atomic mass is 16.5. The second-order valence-electron chi connectivity index (χ2n) is 6.85. The fourth-order valence-corrected chi connectivity index (χ4v) is 2.34. The maximum absolute atomic E-state index is 6.33. The standard InChI is InChI=1S/C14H25N3O/c1-10(13(2,3)4)9-11-16-12(17-18-11)14(15)7-5-6-8-14/h10H,5-9,15H2,1-4H3. The Kier molecular flexibility index (Phi) is 3.49. The Morgan fingerprint density at radius 1 is 1.33 bits per heavy atom. The number of nitrogens with two attached hydrogens (primary N) is 1. The van der Waals surface area contributed by atoms with E-state index in [1.807, 2.05) is 0 Å². The zero-order valence-corrected chi connectivity index (χ0v) is 12.0. The van der Waals surface area contributed by atoms with Gasteiger partial charge in [-0.2, -0.15) is 4.98 Å². The van der Waals surface area contributed by atoms with E-state index < -0.39 is 0 Å². The zero-order chi connectivity index (χ0) is 13.4. The topological polar surface area (TPSA) is 64.9 Å². The molecule has 1 aliphatic rings. The van der Waals surface area contributed by atoms with E-state index in [1.165, 1.54) is 12.8 Å². The average Bonchev–Trinajstić information content (AvgIpc) is 2.86. The van der Waals surface area contributed by atoms with Crippen LogP contribution in [0.25, 0.3) is 0 Å². The fourth-order valence-electron chi connectivity index (χ4n) is 2.34. The molecular weight excluding hydrogens is 226 g/mol. The molecule has 1 heterocycles. The summed E-state index contributed by atoms with van der Waals surface area (Å²) in [5, 5.41) is 4.09. The molecule has 0 radical (unpaired) electrons. The number of nitrogens with zero attached hydrogens (tertiary/aromatic N) is 2. The normalized spacial score (nSPS) is 21.2. The average molecular weight is 251 g/mol. The van der Waals surface area contributed by atoms with Gasteiger partial charge < -0.3 is 10.3 Å². The van der Waals surface area contributed by atoms with Crippen molar-refractivity contribution >= 4 is 0 Å². The SMILES string of the molecule is CC(Cc1nc(C2(N)CCCC2)no1)C(C)(C)C. The van der Waals surface area contributed by atoms with Gasteiger partial charge in [-0.3, -0.25) is 0 Å². The third kappa shape index (κ3) is 2.74. The van der Waals surface area contributed by atoms with E-state index in [9.17, 15) is 0 Å². The van der Waals surface area contributed by atoms with Gasteiger partial charge >= 0.3 is 0 Å². The number of hydrogen-bond donors (Lipinski definition) is 1. The molecule has 18 heavy (non-hydrogen) atoms. The maximum atomic E-state index is 6.33. The van der Waals surface area contributed by atoms with E-state index in [-0.39, 0.29) is 11.0 Å². The van der Waals surface area contributed by atoms with Crippen molar-refractivity contribution in [2.45, 2.75) is 65.3 Å². The monoisotopic (exact) mass is 251 g/mol. The molecule has 1 aromatic heterocycles. The molecule has 1 fully saturated rings.